The van der Waals surface area contributed by atoms with Crippen molar-refractivity contribution in [1.82, 2.24) is 20.1 Å². The molecule has 10 heteroatoms. The second kappa shape index (κ2) is 10.8. The number of carbonyl (C=O) groups excluding carboxylic acids is 1. The van der Waals surface area contributed by atoms with E-state index >= 15 is 0 Å². The van der Waals surface area contributed by atoms with Gasteiger partial charge in [-0.05, 0) is 48.5 Å². The second-order valence-corrected chi connectivity index (χ2v) is 8.29. The molecule has 0 aliphatic carbocycles. The van der Waals surface area contributed by atoms with Crippen LogP contribution in [0.3, 0.4) is 0 Å². The smallest absolute Gasteiger partial charge is 0.267 e. The zero-order valence-corrected chi connectivity index (χ0v) is 20.3. The predicted molar refractivity (Wildman–Crippen MR) is 133 cm³/mol. The zero-order chi connectivity index (χ0) is 24.8. The number of carbonyl (C=O) groups is 1. The highest BCUT2D eigenvalue weighted by Crippen LogP contribution is 2.31. The number of thiazole rings is 1. The van der Waals surface area contributed by atoms with Gasteiger partial charge in [0.2, 0.25) is 5.91 Å². The summed E-state index contributed by atoms with van der Waals surface area (Å²) in [6.07, 6.45) is 0. The van der Waals surface area contributed by atoms with Gasteiger partial charge in [-0.2, -0.15) is 5.10 Å². The van der Waals surface area contributed by atoms with Crippen LogP contribution in [0.5, 0.6) is 17.2 Å². The molecule has 0 aliphatic heterocycles. The quantitative estimate of drug-likeness (QED) is 0.382. The monoisotopic (exact) mass is 492 g/mol. The third kappa shape index (κ3) is 5.67. The fourth-order valence-electron chi connectivity index (χ4n) is 3.36. The number of benzene rings is 2. The van der Waals surface area contributed by atoms with Crippen LogP contribution in [-0.2, 0) is 17.9 Å². The number of ether oxygens (including phenoxy) is 3. The molecule has 0 spiro atoms. The lowest BCUT2D eigenvalue weighted by Gasteiger charge is -2.11. The van der Waals surface area contributed by atoms with Crippen LogP contribution in [-0.4, -0.2) is 42.0 Å². The van der Waals surface area contributed by atoms with E-state index in [-0.39, 0.29) is 24.6 Å². The van der Waals surface area contributed by atoms with E-state index < -0.39 is 0 Å². The molecule has 2 heterocycles. The summed E-state index contributed by atoms with van der Waals surface area (Å²) in [5.41, 5.74) is 2.44. The number of hydrogen-bond donors (Lipinski definition) is 1. The molecule has 0 unspecified atom stereocenters. The summed E-state index contributed by atoms with van der Waals surface area (Å²) < 4.78 is 17.0. The van der Waals surface area contributed by atoms with Gasteiger partial charge >= 0.3 is 0 Å². The van der Waals surface area contributed by atoms with Crippen molar-refractivity contribution in [3.63, 3.8) is 0 Å². The molecule has 180 valence electrons. The van der Waals surface area contributed by atoms with Crippen molar-refractivity contribution in [2.24, 2.45) is 0 Å². The first-order valence-electron chi connectivity index (χ1n) is 10.7. The summed E-state index contributed by atoms with van der Waals surface area (Å²) in [6, 6.07) is 15.9. The maximum Gasteiger partial charge on any atom is 0.267 e. The predicted octanol–water partition coefficient (Wildman–Crippen LogP) is 3.38. The highest BCUT2D eigenvalue weighted by atomic mass is 32.1. The molecule has 0 saturated heterocycles. The van der Waals surface area contributed by atoms with E-state index in [0.29, 0.717) is 22.8 Å². The van der Waals surface area contributed by atoms with Gasteiger partial charge in [-0.3, -0.25) is 9.59 Å². The lowest BCUT2D eigenvalue weighted by atomic mass is 10.1. The van der Waals surface area contributed by atoms with Gasteiger partial charge in [0.05, 0.1) is 39.3 Å². The van der Waals surface area contributed by atoms with E-state index in [0.717, 1.165) is 26.7 Å². The van der Waals surface area contributed by atoms with Gasteiger partial charge in [0, 0.05) is 22.6 Å². The average molecular weight is 493 g/mol. The van der Waals surface area contributed by atoms with Crippen LogP contribution < -0.4 is 25.1 Å². The normalized spacial score (nSPS) is 10.6. The first-order valence-corrected chi connectivity index (χ1v) is 11.5. The Balaban J connectivity index is 1.44. The van der Waals surface area contributed by atoms with Crippen LogP contribution in [0.25, 0.3) is 21.8 Å². The van der Waals surface area contributed by atoms with E-state index in [2.05, 4.69) is 15.4 Å². The summed E-state index contributed by atoms with van der Waals surface area (Å²) in [4.78, 5) is 29.5. The van der Waals surface area contributed by atoms with Crippen molar-refractivity contribution in [2.45, 2.75) is 13.1 Å². The topological polar surface area (TPSA) is 105 Å². The van der Waals surface area contributed by atoms with Gasteiger partial charge in [-0.1, -0.05) is 0 Å². The molecule has 0 radical (unpaired) electrons. The number of aromatic nitrogens is 3. The lowest BCUT2D eigenvalue weighted by molar-refractivity contribution is -0.122. The fourth-order valence-corrected chi connectivity index (χ4v) is 4.18. The summed E-state index contributed by atoms with van der Waals surface area (Å²) in [7, 11) is 4.73. The van der Waals surface area contributed by atoms with Crippen LogP contribution in [0.15, 0.2) is 64.8 Å². The third-order valence-corrected chi connectivity index (χ3v) is 6.14. The van der Waals surface area contributed by atoms with Crippen molar-refractivity contribution in [3.05, 3.63) is 76.0 Å². The standard InChI is InChI=1S/C25H24N4O5S/c1-32-18-6-4-16(5-7-18)25-27-17(15-35-25)13-26-23(30)14-29-24(31)11-9-21(28-29)20-12-19(33-2)8-10-22(20)34-3/h4-12,15H,13-14H2,1-3H3,(H,26,30). The molecule has 2 aromatic carbocycles. The Labute approximate surface area is 205 Å². The van der Waals surface area contributed by atoms with E-state index in [1.807, 2.05) is 29.6 Å². The summed E-state index contributed by atoms with van der Waals surface area (Å²) in [6.45, 7) is 0.0120. The maximum absolute atomic E-state index is 12.6. The van der Waals surface area contributed by atoms with Crippen molar-refractivity contribution < 1.29 is 19.0 Å². The number of amides is 1. The molecule has 0 bridgehead atoms. The van der Waals surface area contributed by atoms with Gasteiger partial charge in [-0.25, -0.2) is 9.67 Å². The van der Waals surface area contributed by atoms with Crippen LogP contribution in [0.1, 0.15) is 5.69 Å². The Morgan fingerprint density at radius 2 is 1.71 bits per heavy atom. The Bertz CT molecular complexity index is 1380. The Morgan fingerprint density at radius 1 is 0.971 bits per heavy atom. The molecule has 0 atom stereocenters. The number of methoxy groups -OCH3 is 3. The number of nitrogens with zero attached hydrogens (tertiary/aromatic N) is 3. The molecule has 4 aromatic rings. The Kier molecular flexibility index (Phi) is 7.41. The van der Waals surface area contributed by atoms with Gasteiger partial charge in [0.1, 0.15) is 28.8 Å². The number of nitrogens with one attached hydrogen (secondary N) is 1. The maximum atomic E-state index is 12.6. The number of rotatable bonds is 9. The molecule has 0 saturated carbocycles. The van der Waals surface area contributed by atoms with Crippen LogP contribution in [0.4, 0.5) is 0 Å². The van der Waals surface area contributed by atoms with Gasteiger partial charge in [-0.15, -0.1) is 11.3 Å². The molecule has 0 fully saturated rings. The Hall–Kier alpha value is -4.18. The van der Waals surface area contributed by atoms with Crippen LogP contribution >= 0.6 is 11.3 Å². The minimum absolute atomic E-state index is 0.228. The molecule has 1 N–H and O–H groups in total. The second-order valence-electron chi connectivity index (χ2n) is 7.43. The number of hydrogen-bond acceptors (Lipinski definition) is 8. The molecule has 35 heavy (non-hydrogen) atoms. The third-order valence-electron chi connectivity index (χ3n) is 5.20. The highest BCUT2D eigenvalue weighted by molar-refractivity contribution is 7.13. The lowest BCUT2D eigenvalue weighted by Crippen LogP contribution is -2.33. The van der Waals surface area contributed by atoms with E-state index in [1.54, 1.807) is 45.6 Å². The zero-order valence-electron chi connectivity index (χ0n) is 19.5. The highest BCUT2D eigenvalue weighted by Gasteiger charge is 2.13. The molecule has 4 rings (SSSR count). The summed E-state index contributed by atoms with van der Waals surface area (Å²) in [5.74, 6) is 1.61. The van der Waals surface area contributed by atoms with Crippen molar-refractivity contribution in [2.75, 3.05) is 21.3 Å². The molecule has 2 aromatic heterocycles. The van der Waals surface area contributed by atoms with Gasteiger partial charge in [0.15, 0.2) is 0 Å². The summed E-state index contributed by atoms with van der Waals surface area (Å²) >= 11 is 1.49. The van der Waals surface area contributed by atoms with Crippen molar-refractivity contribution in [3.8, 4) is 39.1 Å². The molecule has 0 aliphatic rings. The fraction of sp³-hybridized carbons (Fsp3) is 0.200. The SMILES string of the molecule is COc1ccc(-c2nc(CNC(=O)Cn3nc(-c4cc(OC)ccc4OC)ccc3=O)cs2)cc1. The van der Waals surface area contributed by atoms with Crippen molar-refractivity contribution >= 4 is 17.2 Å². The van der Waals surface area contributed by atoms with Crippen molar-refractivity contribution in [1.29, 1.82) is 0 Å². The summed E-state index contributed by atoms with van der Waals surface area (Å²) in [5, 5.41) is 9.89. The van der Waals surface area contributed by atoms with E-state index in [1.165, 1.54) is 17.4 Å². The first kappa shape index (κ1) is 24.0. The Morgan fingerprint density at radius 3 is 2.43 bits per heavy atom. The van der Waals surface area contributed by atoms with Crippen LogP contribution in [0, 0.1) is 0 Å². The minimum atomic E-state index is -0.388. The molecule has 1 amide bonds. The molecular weight excluding hydrogens is 468 g/mol. The largest absolute Gasteiger partial charge is 0.497 e. The molecule has 9 nitrogen and oxygen atoms in total. The van der Waals surface area contributed by atoms with Gasteiger partial charge < -0.3 is 19.5 Å². The van der Waals surface area contributed by atoms with Crippen LogP contribution in [0.2, 0.25) is 0 Å². The van der Waals surface area contributed by atoms with E-state index in [9.17, 15) is 9.59 Å². The van der Waals surface area contributed by atoms with Gasteiger partial charge in [0.25, 0.3) is 5.56 Å². The first-order chi connectivity index (χ1) is 17.0. The van der Waals surface area contributed by atoms with E-state index in [4.69, 9.17) is 14.2 Å². The molecular formula is C25H24N4O5S. The average Bonchev–Trinajstić information content (AvgIpc) is 3.37. The minimum Gasteiger partial charge on any atom is -0.497 e.